The Kier molecular flexibility index (Phi) is 4.28. The summed E-state index contributed by atoms with van der Waals surface area (Å²) in [6.45, 7) is 0. The molecular weight excluding hydrogens is 342 g/mol. The van der Waals surface area contributed by atoms with Gasteiger partial charge < -0.3 is 11.1 Å². The second kappa shape index (κ2) is 5.95. The van der Waals surface area contributed by atoms with Gasteiger partial charge in [0.25, 0.3) is 5.91 Å². The van der Waals surface area contributed by atoms with Gasteiger partial charge in [0.15, 0.2) is 0 Å². The largest absolute Gasteiger partial charge is 0.397 e. The van der Waals surface area contributed by atoms with E-state index in [1.807, 2.05) is 6.07 Å². The van der Waals surface area contributed by atoms with Crippen molar-refractivity contribution in [1.82, 2.24) is 0 Å². The summed E-state index contributed by atoms with van der Waals surface area (Å²) in [7, 11) is 0. The SMILES string of the molecule is N#Cc1ccc(Br)cc1NC(=O)c1cccc(Cl)c1N. The van der Waals surface area contributed by atoms with Crippen molar-refractivity contribution in [3.63, 3.8) is 0 Å². The number of hydrogen-bond acceptors (Lipinski definition) is 3. The van der Waals surface area contributed by atoms with E-state index in [1.54, 1.807) is 36.4 Å². The molecule has 3 N–H and O–H groups in total. The summed E-state index contributed by atoms with van der Waals surface area (Å²) in [5.41, 5.74) is 7.02. The fourth-order valence-electron chi connectivity index (χ4n) is 1.64. The van der Waals surface area contributed by atoms with Gasteiger partial charge in [-0.15, -0.1) is 0 Å². The number of carbonyl (C=O) groups is 1. The van der Waals surface area contributed by atoms with Crippen LogP contribution in [0.25, 0.3) is 0 Å². The van der Waals surface area contributed by atoms with Crippen molar-refractivity contribution in [1.29, 1.82) is 5.26 Å². The van der Waals surface area contributed by atoms with Crippen LogP contribution in [-0.2, 0) is 0 Å². The molecule has 0 radical (unpaired) electrons. The minimum absolute atomic E-state index is 0.208. The Labute approximate surface area is 129 Å². The highest BCUT2D eigenvalue weighted by molar-refractivity contribution is 9.10. The van der Waals surface area contributed by atoms with Gasteiger partial charge in [0, 0.05) is 4.47 Å². The van der Waals surface area contributed by atoms with Crippen LogP contribution in [0.5, 0.6) is 0 Å². The number of carbonyl (C=O) groups excluding carboxylic acids is 1. The molecule has 0 bridgehead atoms. The molecule has 2 aromatic carbocycles. The van der Waals surface area contributed by atoms with Crippen LogP contribution in [0.2, 0.25) is 5.02 Å². The van der Waals surface area contributed by atoms with E-state index < -0.39 is 5.91 Å². The molecule has 1 amide bonds. The molecule has 0 aliphatic rings. The van der Waals surface area contributed by atoms with Crippen LogP contribution >= 0.6 is 27.5 Å². The molecule has 0 unspecified atom stereocenters. The topological polar surface area (TPSA) is 78.9 Å². The highest BCUT2D eigenvalue weighted by atomic mass is 79.9. The fraction of sp³-hybridized carbons (Fsp3) is 0. The number of nitrogens with zero attached hydrogens (tertiary/aromatic N) is 1. The lowest BCUT2D eigenvalue weighted by Crippen LogP contribution is -2.15. The summed E-state index contributed by atoms with van der Waals surface area (Å²) < 4.78 is 0.755. The molecule has 0 saturated carbocycles. The summed E-state index contributed by atoms with van der Waals surface area (Å²) in [4.78, 5) is 12.2. The second-order valence-corrected chi connectivity index (χ2v) is 5.28. The van der Waals surface area contributed by atoms with Crippen LogP contribution in [0.3, 0.4) is 0 Å². The lowest BCUT2D eigenvalue weighted by molar-refractivity contribution is 0.102. The number of nitriles is 1. The highest BCUT2D eigenvalue weighted by Crippen LogP contribution is 2.25. The van der Waals surface area contributed by atoms with Gasteiger partial charge in [-0.25, -0.2) is 0 Å². The van der Waals surface area contributed by atoms with Gasteiger partial charge in [-0.3, -0.25) is 4.79 Å². The summed E-state index contributed by atoms with van der Waals surface area (Å²) in [6, 6.07) is 11.8. The van der Waals surface area contributed by atoms with Crippen molar-refractivity contribution in [3.05, 3.63) is 57.0 Å². The van der Waals surface area contributed by atoms with Crippen molar-refractivity contribution in [2.75, 3.05) is 11.1 Å². The summed E-state index contributed by atoms with van der Waals surface area (Å²) in [6.07, 6.45) is 0. The Bertz CT molecular complexity index is 725. The predicted octanol–water partition coefficient (Wildman–Crippen LogP) is 3.81. The molecule has 0 spiro atoms. The zero-order valence-electron chi connectivity index (χ0n) is 10.2. The molecule has 4 nitrogen and oxygen atoms in total. The number of nitrogens with one attached hydrogen (secondary N) is 1. The van der Waals surface area contributed by atoms with E-state index in [1.165, 1.54) is 0 Å². The molecule has 20 heavy (non-hydrogen) atoms. The first-order valence-corrected chi connectivity index (χ1v) is 6.75. The van der Waals surface area contributed by atoms with Gasteiger partial charge in [-0.2, -0.15) is 5.26 Å². The van der Waals surface area contributed by atoms with Crippen LogP contribution in [0.1, 0.15) is 15.9 Å². The first-order valence-electron chi connectivity index (χ1n) is 5.58. The van der Waals surface area contributed by atoms with E-state index in [0.29, 0.717) is 16.3 Å². The highest BCUT2D eigenvalue weighted by Gasteiger charge is 2.13. The van der Waals surface area contributed by atoms with Crippen molar-refractivity contribution < 1.29 is 4.79 Å². The summed E-state index contributed by atoms with van der Waals surface area (Å²) in [5.74, 6) is -0.417. The normalized spacial score (nSPS) is 9.85. The number of amides is 1. The predicted molar refractivity (Wildman–Crippen MR) is 82.7 cm³/mol. The Balaban J connectivity index is 2.35. The molecule has 2 aromatic rings. The molecule has 6 heteroatoms. The summed E-state index contributed by atoms with van der Waals surface area (Å²) >= 11 is 9.17. The fourth-order valence-corrected chi connectivity index (χ4v) is 2.18. The van der Waals surface area contributed by atoms with Crippen LogP contribution in [0.15, 0.2) is 40.9 Å². The molecule has 0 fully saturated rings. The molecule has 0 aromatic heterocycles. The molecule has 0 atom stereocenters. The Morgan fingerprint density at radius 1 is 1.35 bits per heavy atom. The van der Waals surface area contributed by atoms with Crippen molar-refractivity contribution in [2.45, 2.75) is 0 Å². The Morgan fingerprint density at radius 3 is 2.80 bits per heavy atom. The zero-order valence-corrected chi connectivity index (χ0v) is 12.5. The quantitative estimate of drug-likeness (QED) is 0.808. The Morgan fingerprint density at radius 2 is 2.10 bits per heavy atom. The number of para-hydroxylation sites is 1. The third kappa shape index (κ3) is 2.93. The molecule has 2 rings (SSSR count). The minimum atomic E-state index is -0.417. The van der Waals surface area contributed by atoms with Crippen LogP contribution in [-0.4, -0.2) is 5.91 Å². The van der Waals surface area contributed by atoms with E-state index in [2.05, 4.69) is 21.2 Å². The van der Waals surface area contributed by atoms with E-state index in [0.717, 1.165) is 4.47 Å². The maximum absolute atomic E-state index is 12.2. The first-order chi connectivity index (χ1) is 9.52. The second-order valence-electron chi connectivity index (χ2n) is 3.96. The minimum Gasteiger partial charge on any atom is -0.397 e. The first kappa shape index (κ1) is 14.4. The van der Waals surface area contributed by atoms with E-state index in [9.17, 15) is 4.79 Å². The van der Waals surface area contributed by atoms with Gasteiger partial charge >= 0.3 is 0 Å². The third-order valence-electron chi connectivity index (χ3n) is 2.65. The lowest BCUT2D eigenvalue weighted by Gasteiger charge is -2.10. The average Bonchev–Trinajstić information content (AvgIpc) is 2.42. The standard InChI is InChI=1S/C14H9BrClN3O/c15-9-5-4-8(7-17)12(6-9)19-14(20)10-2-1-3-11(16)13(10)18/h1-6H,18H2,(H,19,20). The average molecular weight is 351 g/mol. The number of rotatable bonds is 2. The number of hydrogen-bond donors (Lipinski definition) is 2. The van der Waals surface area contributed by atoms with Gasteiger partial charge in [0.05, 0.1) is 27.5 Å². The van der Waals surface area contributed by atoms with Crippen molar-refractivity contribution >= 4 is 44.8 Å². The van der Waals surface area contributed by atoms with Gasteiger partial charge in [0.1, 0.15) is 6.07 Å². The molecule has 0 saturated heterocycles. The van der Waals surface area contributed by atoms with Crippen molar-refractivity contribution in [2.24, 2.45) is 0 Å². The number of nitrogen functional groups attached to an aromatic ring is 1. The molecular formula is C14H9BrClN3O. The summed E-state index contributed by atoms with van der Waals surface area (Å²) in [5, 5.41) is 12.0. The van der Waals surface area contributed by atoms with Crippen LogP contribution < -0.4 is 11.1 Å². The molecule has 0 aliphatic carbocycles. The van der Waals surface area contributed by atoms with E-state index >= 15 is 0 Å². The smallest absolute Gasteiger partial charge is 0.257 e. The van der Waals surface area contributed by atoms with Gasteiger partial charge in [-0.1, -0.05) is 33.6 Å². The molecule has 0 aliphatic heterocycles. The van der Waals surface area contributed by atoms with Gasteiger partial charge in [0.2, 0.25) is 0 Å². The Hall–Kier alpha value is -2.03. The number of anilines is 2. The van der Waals surface area contributed by atoms with E-state index in [-0.39, 0.29) is 11.3 Å². The van der Waals surface area contributed by atoms with E-state index in [4.69, 9.17) is 22.6 Å². The lowest BCUT2D eigenvalue weighted by atomic mass is 10.1. The maximum atomic E-state index is 12.2. The van der Waals surface area contributed by atoms with Crippen LogP contribution in [0.4, 0.5) is 11.4 Å². The zero-order chi connectivity index (χ0) is 14.7. The third-order valence-corrected chi connectivity index (χ3v) is 3.47. The van der Waals surface area contributed by atoms with Crippen molar-refractivity contribution in [3.8, 4) is 6.07 Å². The molecule has 0 heterocycles. The number of halogens is 2. The monoisotopic (exact) mass is 349 g/mol. The maximum Gasteiger partial charge on any atom is 0.257 e. The number of nitrogens with two attached hydrogens (primary N) is 1. The number of benzene rings is 2. The van der Waals surface area contributed by atoms with Crippen LogP contribution in [0, 0.1) is 11.3 Å². The van der Waals surface area contributed by atoms with Gasteiger partial charge in [-0.05, 0) is 30.3 Å². The molecule has 100 valence electrons.